The molecule has 0 saturated carbocycles. The van der Waals surface area contributed by atoms with Crippen LogP contribution < -0.4 is 0 Å². The Hall–Kier alpha value is -0.690. The Kier molecular flexibility index (Phi) is 5.01. The van der Waals surface area contributed by atoms with Crippen LogP contribution in [-0.4, -0.2) is 39.0 Å². The van der Waals surface area contributed by atoms with Crippen molar-refractivity contribution < 1.29 is 17.5 Å². The number of sulfonamides is 1. The predicted octanol–water partition coefficient (Wildman–Crippen LogP) is 2.36. The van der Waals surface area contributed by atoms with E-state index in [9.17, 15) is 12.8 Å². The van der Waals surface area contributed by atoms with Gasteiger partial charge in [0.05, 0.1) is 11.0 Å². The zero-order valence-corrected chi connectivity index (χ0v) is 12.8. The number of benzene rings is 1. The molecule has 1 aromatic rings. The molecule has 0 aliphatic carbocycles. The van der Waals surface area contributed by atoms with Crippen LogP contribution in [0.3, 0.4) is 0 Å². The van der Waals surface area contributed by atoms with E-state index in [0.717, 1.165) is 18.9 Å². The first kappa shape index (κ1) is 15.7. The Morgan fingerprint density at radius 2 is 2.25 bits per heavy atom. The molecule has 7 heteroatoms. The van der Waals surface area contributed by atoms with Crippen LogP contribution in [0.1, 0.15) is 18.4 Å². The lowest BCUT2D eigenvalue weighted by Crippen LogP contribution is -2.43. The van der Waals surface area contributed by atoms with E-state index in [1.807, 2.05) is 0 Å². The van der Waals surface area contributed by atoms with Crippen LogP contribution in [0.5, 0.6) is 0 Å². The molecule has 112 valence electrons. The fourth-order valence-electron chi connectivity index (χ4n) is 2.33. The van der Waals surface area contributed by atoms with Crippen molar-refractivity contribution >= 4 is 21.6 Å². The Labute approximate surface area is 123 Å². The largest absolute Gasteiger partial charge is 0.380 e. The molecule has 0 radical (unpaired) electrons. The fourth-order valence-corrected chi connectivity index (χ4v) is 4.39. The number of nitrogens with zero attached hydrogens (tertiary/aromatic N) is 1. The van der Waals surface area contributed by atoms with Gasteiger partial charge in [-0.3, -0.25) is 0 Å². The van der Waals surface area contributed by atoms with Crippen molar-refractivity contribution in [1.29, 1.82) is 0 Å². The summed E-state index contributed by atoms with van der Waals surface area (Å²) in [6.45, 7) is 0.706. The van der Waals surface area contributed by atoms with Crippen LogP contribution in [0, 0.1) is 5.82 Å². The molecule has 4 nitrogen and oxygen atoms in total. The molecule has 2 rings (SSSR count). The van der Waals surface area contributed by atoms with E-state index in [4.69, 9.17) is 16.3 Å². The van der Waals surface area contributed by atoms with Crippen LogP contribution >= 0.6 is 11.6 Å². The molecular weight excluding hydrogens is 305 g/mol. The Morgan fingerprint density at radius 3 is 2.90 bits per heavy atom. The van der Waals surface area contributed by atoms with E-state index in [1.54, 1.807) is 7.11 Å². The van der Waals surface area contributed by atoms with Crippen LogP contribution in [0.4, 0.5) is 4.39 Å². The smallest absolute Gasteiger partial charge is 0.243 e. The van der Waals surface area contributed by atoms with Gasteiger partial charge in [-0.15, -0.1) is 11.6 Å². The predicted molar refractivity (Wildman–Crippen MR) is 74.7 cm³/mol. The highest BCUT2D eigenvalue weighted by Crippen LogP contribution is 2.26. The third-order valence-electron chi connectivity index (χ3n) is 3.47. The van der Waals surface area contributed by atoms with Gasteiger partial charge < -0.3 is 4.74 Å². The van der Waals surface area contributed by atoms with E-state index < -0.39 is 15.8 Å². The maximum atomic E-state index is 13.4. The number of rotatable bonds is 4. The summed E-state index contributed by atoms with van der Waals surface area (Å²) in [4.78, 5) is -0.0516. The summed E-state index contributed by atoms with van der Waals surface area (Å²) in [6, 6.07) is 3.65. The monoisotopic (exact) mass is 321 g/mol. The van der Waals surface area contributed by atoms with Crippen LogP contribution in [0.2, 0.25) is 0 Å². The Balaban J connectivity index is 2.37. The van der Waals surface area contributed by atoms with Gasteiger partial charge in [0.2, 0.25) is 10.0 Å². The van der Waals surface area contributed by atoms with E-state index in [0.29, 0.717) is 12.1 Å². The fraction of sp³-hybridized carbons (Fsp3) is 0.538. The molecule has 1 aliphatic rings. The average molecular weight is 322 g/mol. The summed E-state index contributed by atoms with van der Waals surface area (Å²) in [5.74, 6) is -0.561. The van der Waals surface area contributed by atoms with Crippen molar-refractivity contribution in [2.75, 3.05) is 20.2 Å². The number of alkyl halides is 1. The number of hydrogen-bond donors (Lipinski definition) is 0. The minimum atomic E-state index is -3.74. The maximum Gasteiger partial charge on any atom is 0.243 e. The van der Waals surface area contributed by atoms with E-state index >= 15 is 0 Å². The van der Waals surface area contributed by atoms with Crippen molar-refractivity contribution in [3.8, 4) is 0 Å². The first-order valence-electron chi connectivity index (χ1n) is 6.36. The second-order valence-electron chi connectivity index (χ2n) is 4.75. The molecule has 1 saturated heterocycles. The molecule has 0 spiro atoms. The molecule has 0 amide bonds. The Morgan fingerprint density at radius 1 is 1.50 bits per heavy atom. The summed E-state index contributed by atoms with van der Waals surface area (Å²) in [5, 5.41) is 0. The number of ether oxygens (including phenoxy) is 1. The molecule has 0 aromatic heterocycles. The molecule has 1 aromatic carbocycles. The lowest BCUT2D eigenvalue weighted by Gasteiger charge is -2.31. The quantitative estimate of drug-likeness (QED) is 0.800. The topological polar surface area (TPSA) is 46.6 Å². The normalized spacial score (nSPS) is 21.1. The lowest BCUT2D eigenvalue weighted by atomic mass is 10.1. The molecule has 0 bridgehead atoms. The molecule has 1 fully saturated rings. The third-order valence-corrected chi connectivity index (χ3v) is 5.70. The van der Waals surface area contributed by atoms with Crippen molar-refractivity contribution in [3.05, 3.63) is 29.6 Å². The van der Waals surface area contributed by atoms with Crippen molar-refractivity contribution in [1.82, 2.24) is 4.31 Å². The van der Waals surface area contributed by atoms with Gasteiger partial charge in [0.25, 0.3) is 0 Å². The van der Waals surface area contributed by atoms with Gasteiger partial charge in [-0.1, -0.05) is 6.07 Å². The number of piperidine rings is 1. The molecule has 1 aliphatic heterocycles. The number of halogens is 2. The summed E-state index contributed by atoms with van der Waals surface area (Å²) < 4.78 is 45.2. The number of hydrogen-bond acceptors (Lipinski definition) is 3. The minimum Gasteiger partial charge on any atom is -0.380 e. The van der Waals surface area contributed by atoms with Gasteiger partial charge in [0.1, 0.15) is 5.82 Å². The molecule has 0 N–H and O–H groups in total. The molecule has 1 heterocycles. The molecule has 1 atom stereocenters. The zero-order valence-electron chi connectivity index (χ0n) is 11.2. The maximum absolute atomic E-state index is 13.4. The third kappa shape index (κ3) is 3.14. The lowest BCUT2D eigenvalue weighted by molar-refractivity contribution is 0.0571. The molecule has 20 heavy (non-hydrogen) atoms. The average Bonchev–Trinajstić information content (AvgIpc) is 2.47. The highest BCUT2D eigenvalue weighted by molar-refractivity contribution is 7.89. The van der Waals surface area contributed by atoms with Crippen molar-refractivity contribution in [2.45, 2.75) is 29.7 Å². The highest BCUT2D eigenvalue weighted by atomic mass is 35.5. The van der Waals surface area contributed by atoms with Crippen LogP contribution in [0.15, 0.2) is 23.1 Å². The van der Waals surface area contributed by atoms with E-state index in [-0.39, 0.29) is 23.4 Å². The number of methoxy groups -OCH3 is 1. The first-order valence-corrected chi connectivity index (χ1v) is 8.34. The van der Waals surface area contributed by atoms with E-state index in [1.165, 1.54) is 16.4 Å². The summed E-state index contributed by atoms with van der Waals surface area (Å²) in [6.07, 6.45) is 1.43. The second kappa shape index (κ2) is 6.39. The van der Waals surface area contributed by atoms with Gasteiger partial charge in [0, 0.05) is 26.1 Å². The van der Waals surface area contributed by atoms with Crippen LogP contribution in [0.25, 0.3) is 0 Å². The summed E-state index contributed by atoms with van der Waals surface area (Å²) in [5.41, 5.74) is 0.410. The van der Waals surface area contributed by atoms with Gasteiger partial charge in [-0.25, -0.2) is 12.8 Å². The second-order valence-corrected chi connectivity index (χ2v) is 6.92. The van der Waals surface area contributed by atoms with Crippen molar-refractivity contribution in [2.24, 2.45) is 0 Å². The zero-order chi connectivity index (χ0) is 14.8. The summed E-state index contributed by atoms with van der Waals surface area (Å²) >= 11 is 5.76. The molecule has 1 unspecified atom stereocenters. The standard InChI is InChI=1S/C13H17ClFNO3S/c1-19-12-3-2-6-16(9-12)20(17,18)13-7-11(15)5-4-10(13)8-14/h4-5,7,12H,2-3,6,8-9H2,1H3. The van der Waals surface area contributed by atoms with Gasteiger partial charge in [-0.2, -0.15) is 4.31 Å². The highest BCUT2D eigenvalue weighted by Gasteiger charge is 2.31. The summed E-state index contributed by atoms with van der Waals surface area (Å²) in [7, 11) is -2.18. The minimum absolute atomic E-state index is 0.0242. The van der Waals surface area contributed by atoms with Crippen LogP contribution in [-0.2, 0) is 20.6 Å². The first-order chi connectivity index (χ1) is 9.48. The Bertz CT molecular complexity index is 579. The van der Waals surface area contributed by atoms with Crippen molar-refractivity contribution in [3.63, 3.8) is 0 Å². The van der Waals surface area contributed by atoms with Gasteiger partial charge >= 0.3 is 0 Å². The SMILES string of the molecule is COC1CCCN(S(=O)(=O)c2cc(F)ccc2CCl)C1. The van der Waals surface area contributed by atoms with Gasteiger partial charge in [0.15, 0.2) is 0 Å². The van der Waals surface area contributed by atoms with E-state index in [2.05, 4.69) is 0 Å². The molecular formula is C13H17ClFNO3S. The van der Waals surface area contributed by atoms with Gasteiger partial charge in [-0.05, 0) is 30.5 Å².